The van der Waals surface area contributed by atoms with Crippen molar-refractivity contribution < 1.29 is 9.90 Å². The molecule has 4 aliphatic rings. The Labute approximate surface area is 179 Å². The highest BCUT2D eigenvalue weighted by atomic mass is 16.3. The van der Waals surface area contributed by atoms with Gasteiger partial charge in [0, 0.05) is 12.1 Å². The average Bonchev–Trinajstić information content (AvgIpc) is 3.19. The Bertz CT molecular complexity index is 838. The summed E-state index contributed by atoms with van der Waals surface area (Å²) in [5, 5.41) is 23.8. The molecule has 30 heavy (non-hydrogen) atoms. The number of carbonyl (C=O) groups excluding carboxylic acids is 1. The van der Waals surface area contributed by atoms with Gasteiger partial charge in [0.05, 0.1) is 23.9 Å². The highest BCUT2D eigenvalue weighted by Gasteiger charge is 2.52. The Morgan fingerprint density at radius 1 is 1.13 bits per heavy atom. The molecule has 0 unspecified atom stereocenters. The second-order valence-corrected chi connectivity index (χ2v) is 11.0. The number of hydrogen-bond acceptors (Lipinski definition) is 4. The summed E-state index contributed by atoms with van der Waals surface area (Å²) in [7, 11) is 0. The third-order valence-corrected chi connectivity index (χ3v) is 9.29. The normalized spacial score (nSPS) is 43.0. The third kappa shape index (κ3) is 3.62. The zero-order valence-corrected chi connectivity index (χ0v) is 18.2. The summed E-state index contributed by atoms with van der Waals surface area (Å²) in [6, 6.07) is 2.09. The quantitative estimate of drug-likeness (QED) is 0.805. The molecule has 5 rings (SSSR count). The van der Waals surface area contributed by atoms with E-state index in [0.29, 0.717) is 35.6 Å². The molecule has 4 saturated carbocycles. The largest absolute Gasteiger partial charge is 0.390 e. The van der Waals surface area contributed by atoms with Crippen LogP contribution in [0.1, 0.15) is 76.7 Å². The van der Waals surface area contributed by atoms with Crippen LogP contribution in [0, 0.1) is 52.8 Å². The van der Waals surface area contributed by atoms with E-state index in [0.717, 1.165) is 37.0 Å². The van der Waals surface area contributed by atoms with Crippen LogP contribution in [0.3, 0.4) is 0 Å². The minimum Gasteiger partial charge on any atom is -0.390 e. The minimum absolute atomic E-state index is 0.171. The molecule has 1 aromatic heterocycles. The van der Waals surface area contributed by atoms with Crippen molar-refractivity contribution in [1.82, 2.24) is 9.78 Å². The van der Waals surface area contributed by atoms with Crippen molar-refractivity contribution in [2.24, 2.45) is 41.4 Å². The number of Topliss-reactive ketones (excluding diaryl/α,β-unsaturated/α-hetero) is 1. The second-order valence-electron chi connectivity index (χ2n) is 11.0. The Kier molecular flexibility index (Phi) is 5.25. The molecular formula is C25H35N3O2. The lowest BCUT2D eigenvalue weighted by Crippen LogP contribution is -2.50. The Balaban J connectivity index is 1.28. The SMILES string of the molecule is C[C@@]1(O)CC[C@H]2[C@H](CC[C@@H]3[C@@H]2CC[C@H]2[C@H]3CCC[C@@H]2C(=O)Cn2cc(C#N)cn2)C1. The van der Waals surface area contributed by atoms with E-state index in [1.807, 2.05) is 6.92 Å². The molecule has 1 aromatic rings. The maximum absolute atomic E-state index is 13.2. The molecular weight excluding hydrogens is 374 g/mol. The molecule has 0 bridgehead atoms. The van der Waals surface area contributed by atoms with Gasteiger partial charge >= 0.3 is 0 Å². The van der Waals surface area contributed by atoms with Gasteiger partial charge in [-0.3, -0.25) is 9.48 Å². The van der Waals surface area contributed by atoms with Crippen molar-refractivity contribution >= 4 is 5.78 Å². The minimum atomic E-state index is -0.453. The van der Waals surface area contributed by atoms with Crippen LogP contribution < -0.4 is 0 Å². The summed E-state index contributed by atoms with van der Waals surface area (Å²) in [4.78, 5) is 13.2. The molecule has 4 fully saturated rings. The van der Waals surface area contributed by atoms with E-state index in [2.05, 4.69) is 11.2 Å². The van der Waals surface area contributed by atoms with E-state index in [1.54, 1.807) is 17.1 Å². The molecule has 1 heterocycles. The molecule has 5 nitrogen and oxygen atoms in total. The van der Waals surface area contributed by atoms with Gasteiger partial charge in [-0.1, -0.05) is 6.42 Å². The number of aliphatic hydroxyl groups is 1. The van der Waals surface area contributed by atoms with E-state index in [4.69, 9.17) is 5.26 Å². The highest BCUT2D eigenvalue weighted by Crippen LogP contribution is 2.59. The van der Waals surface area contributed by atoms with Gasteiger partial charge in [-0.25, -0.2) is 0 Å². The van der Waals surface area contributed by atoms with E-state index in [9.17, 15) is 9.90 Å². The fourth-order valence-corrected chi connectivity index (χ4v) is 8.13. The summed E-state index contributed by atoms with van der Waals surface area (Å²) >= 11 is 0. The van der Waals surface area contributed by atoms with Gasteiger partial charge in [0.15, 0.2) is 5.78 Å². The molecule has 0 aliphatic heterocycles. The zero-order valence-electron chi connectivity index (χ0n) is 18.2. The molecule has 0 aromatic carbocycles. The van der Waals surface area contributed by atoms with Crippen molar-refractivity contribution in [3.8, 4) is 6.07 Å². The zero-order chi connectivity index (χ0) is 20.9. The molecule has 1 N–H and O–H groups in total. The van der Waals surface area contributed by atoms with Crippen molar-refractivity contribution in [2.75, 3.05) is 0 Å². The summed E-state index contributed by atoms with van der Waals surface area (Å²) in [6.45, 7) is 2.34. The fourth-order valence-electron chi connectivity index (χ4n) is 8.13. The number of carbonyl (C=O) groups is 1. The predicted octanol–water partition coefficient (Wildman–Crippen LogP) is 4.34. The van der Waals surface area contributed by atoms with Crippen molar-refractivity contribution in [3.05, 3.63) is 18.0 Å². The highest BCUT2D eigenvalue weighted by molar-refractivity contribution is 5.81. The van der Waals surface area contributed by atoms with Gasteiger partial charge < -0.3 is 5.11 Å². The fraction of sp³-hybridized carbons (Fsp3) is 0.800. The monoisotopic (exact) mass is 409 g/mol. The van der Waals surface area contributed by atoms with Gasteiger partial charge in [0.25, 0.3) is 0 Å². The number of ketones is 1. The number of fused-ring (bicyclic) bond motifs is 5. The predicted molar refractivity (Wildman–Crippen MR) is 113 cm³/mol. The Morgan fingerprint density at radius 2 is 1.87 bits per heavy atom. The van der Waals surface area contributed by atoms with Gasteiger partial charge in [0.1, 0.15) is 6.07 Å². The van der Waals surface area contributed by atoms with Crippen molar-refractivity contribution in [2.45, 2.75) is 83.3 Å². The number of hydrogen-bond donors (Lipinski definition) is 1. The molecule has 8 atom stereocenters. The van der Waals surface area contributed by atoms with Crippen LogP contribution in [0.5, 0.6) is 0 Å². The molecule has 0 saturated heterocycles. The van der Waals surface area contributed by atoms with Gasteiger partial charge in [-0.2, -0.15) is 10.4 Å². The van der Waals surface area contributed by atoms with E-state index < -0.39 is 5.60 Å². The van der Waals surface area contributed by atoms with E-state index in [-0.39, 0.29) is 5.92 Å². The Hall–Kier alpha value is -1.67. The van der Waals surface area contributed by atoms with E-state index in [1.165, 1.54) is 44.9 Å². The van der Waals surface area contributed by atoms with Crippen LogP contribution >= 0.6 is 0 Å². The van der Waals surface area contributed by atoms with Crippen LogP contribution in [0.15, 0.2) is 12.4 Å². The van der Waals surface area contributed by atoms with Crippen molar-refractivity contribution in [3.63, 3.8) is 0 Å². The van der Waals surface area contributed by atoms with Crippen LogP contribution in [0.4, 0.5) is 0 Å². The summed E-state index contributed by atoms with van der Waals surface area (Å²) in [6.07, 6.45) is 14.9. The number of nitriles is 1. The van der Waals surface area contributed by atoms with Crippen molar-refractivity contribution in [1.29, 1.82) is 5.26 Å². The molecule has 5 heteroatoms. The standard InChI is InChI=1S/C25H35N3O2/c1-25(30)10-9-18-17(11-25)5-6-21-19-3-2-4-23(22(19)8-7-20(18)21)24(29)15-28-14-16(12-26)13-27-28/h13-14,17-23,30H,2-11,15H2,1H3/t17-,18+,19+,20-,21+,22+,23+,25-/m1/s1. The summed E-state index contributed by atoms with van der Waals surface area (Å²) in [5.74, 6) is 4.86. The van der Waals surface area contributed by atoms with Gasteiger partial charge in [0.2, 0.25) is 0 Å². The number of rotatable bonds is 3. The van der Waals surface area contributed by atoms with Crippen LogP contribution in [0.25, 0.3) is 0 Å². The number of aromatic nitrogens is 2. The van der Waals surface area contributed by atoms with Crippen LogP contribution in [0.2, 0.25) is 0 Å². The van der Waals surface area contributed by atoms with Gasteiger partial charge in [-0.05, 0) is 100 Å². The third-order valence-electron chi connectivity index (χ3n) is 9.29. The molecule has 0 radical (unpaired) electrons. The number of nitrogens with zero attached hydrogens (tertiary/aromatic N) is 3. The second kappa shape index (κ2) is 7.79. The van der Waals surface area contributed by atoms with Crippen LogP contribution in [-0.2, 0) is 11.3 Å². The van der Waals surface area contributed by atoms with Crippen LogP contribution in [-0.4, -0.2) is 26.3 Å². The van der Waals surface area contributed by atoms with E-state index >= 15 is 0 Å². The Morgan fingerprint density at radius 3 is 2.67 bits per heavy atom. The first kappa shape index (κ1) is 20.2. The first-order chi connectivity index (χ1) is 14.4. The average molecular weight is 410 g/mol. The summed E-state index contributed by atoms with van der Waals surface area (Å²) in [5.41, 5.74) is 0.0684. The molecule has 162 valence electrons. The lowest BCUT2D eigenvalue weighted by Gasteiger charge is -2.56. The lowest BCUT2D eigenvalue weighted by molar-refractivity contribution is -0.134. The molecule has 0 amide bonds. The maximum Gasteiger partial charge on any atom is 0.157 e. The lowest BCUT2D eigenvalue weighted by atomic mass is 9.49. The topological polar surface area (TPSA) is 78.9 Å². The van der Waals surface area contributed by atoms with Gasteiger partial charge in [-0.15, -0.1) is 0 Å². The molecule has 4 aliphatic carbocycles. The molecule has 0 spiro atoms. The first-order valence-electron chi connectivity index (χ1n) is 12.1. The summed E-state index contributed by atoms with van der Waals surface area (Å²) < 4.78 is 1.65. The smallest absolute Gasteiger partial charge is 0.157 e. The first-order valence-corrected chi connectivity index (χ1v) is 12.1. The maximum atomic E-state index is 13.2.